The van der Waals surface area contributed by atoms with Crippen LogP contribution in [0.4, 0.5) is 5.69 Å². The molecule has 0 aliphatic carbocycles. The topological polar surface area (TPSA) is 142 Å². The summed E-state index contributed by atoms with van der Waals surface area (Å²) in [6.45, 7) is 5.98. The summed E-state index contributed by atoms with van der Waals surface area (Å²) >= 11 is 6.29. The standard InChI is InChI=1S/C22H22ClN5O5/c1-11(2)21(32-4)25-16-6-5-14(7-12(16)3)33-19-15(23)8-13(9-18(19)29)28-22(31)26-20(30)17(10-24)27-28/h5-9,11,21,25,29H,1-4H3,(H,26,30,31). The summed E-state index contributed by atoms with van der Waals surface area (Å²) in [5.74, 6) is 0.284. The largest absolute Gasteiger partial charge is 0.504 e. The van der Waals surface area contributed by atoms with Crippen molar-refractivity contribution in [1.82, 2.24) is 14.8 Å². The number of ether oxygens (including phenoxy) is 2. The van der Waals surface area contributed by atoms with Gasteiger partial charge < -0.3 is 19.9 Å². The quantitative estimate of drug-likeness (QED) is 0.445. The SMILES string of the molecule is COC(Nc1ccc(Oc2c(O)cc(-n3nc(C#N)c(=O)[nH]c3=O)cc2Cl)cc1C)C(C)C. The zero-order chi connectivity index (χ0) is 24.3. The van der Waals surface area contributed by atoms with Crippen LogP contribution in [0, 0.1) is 24.2 Å². The molecule has 3 N–H and O–H groups in total. The van der Waals surface area contributed by atoms with Crippen molar-refractivity contribution in [3.8, 4) is 29.0 Å². The maximum atomic E-state index is 12.1. The van der Waals surface area contributed by atoms with Crippen molar-refractivity contribution in [2.24, 2.45) is 5.92 Å². The van der Waals surface area contributed by atoms with Crippen molar-refractivity contribution in [3.63, 3.8) is 0 Å². The monoisotopic (exact) mass is 471 g/mol. The predicted octanol–water partition coefficient (Wildman–Crippen LogP) is 3.29. The Kier molecular flexibility index (Phi) is 7.06. The number of nitriles is 1. The Morgan fingerprint density at radius 1 is 1.27 bits per heavy atom. The van der Waals surface area contributed by atoms with E-state index in [9.17, 15) is 14.7 Å². The molecule has 0 amide bonds. The first-order valence-electron chi connectivity index (χ1n) is 9.89. The molecular weight excluding hydrogens is 450 g/mol. The van der Waals surface area contributed by atoms with Crippen molar-refractivity contribution in [1.29, 1.82) is 5.26 Å². The second kappa shape index (κ2) is 9.77. The number of aryl methyl sites for hydroxylation is 1. The molecule has 1 unspecified atom stereocenters. The summed E-state index contributed by atoms with van der Waals surface area (Å²) in [5, 5.41) is 26.5. The number of hydrogen-bond donors (Lipinski definition) is 3. The van der Waals surface area contributed by atoms with Crippen LogP contribution in [-0.2, 0) is 4.74 Å². The van der Waals surface area contributed by atoms with E-state index >= 15 is 0 Å². The van der Waals surface area contributed by atoms with Gasteiger partial charge in [-0.2, -0.15) is 9.94 Å². The zero-order valence-corrected chi connectivity index (χ0v) is 19.1. The third-order valence-corrected chi connectivity index (χ3v) is 5.04. The van der Waals surface area contributed by atoms with Gasteiger partial charge in [0.05, 0.1) is 10.7 Å². The van der Waals surface area contributed by atoms with Crippen molar-refractivity contribution in [3.05, 3.63) is 67.4 Å². The van der Waals surface area contributed by atoms with E-state index in [0.29, 0.717) is 5.75 Å². The Labute approximate surface area is 194 Å². The number of phenolic OH excluding ortho intramolecular Hbond substituents is 1. The number of nitrogens with one attached hydrogen (secondary N) is 2. The lowest BCUT2D eigenvalue weighted by Gasteiger charge is -2.23. The fourth-order valence-corrected chi connectivity index (χ4v) is 3.31. The molecule has 0 aliphatic rings. The highest BCUT2D eigenvalue weighted by atomic mass is 35.5. The molecule has 1 heterocycles. The van der Waals surface area contributed by atoms with Gasteiger partial charge >= 0.3 is 5.69 Å². The summed E-state index contributed by atoms with van der Waals surface area (Å²) in [6, 6.07) is 9.39. The lowest BCUT2D eigenvalue weighted by atomic mass is 10.1. The zero-order valence-electron chi connectivity index (χ0n) is 18.3. The molecule has 172 valence electrons. The normalized spacial score (nSPS) is 11.8. The van der Waals surface area contributed by atoms with Crippen LogP contribution < -0.4 is 21.3 Å². The number of anilines is 1. The van der Waals surface area contributed by atoms with Crippen LogP contribution in [0.2, 0.25) is 5.02 Å². The molecule has 1 atom stereocenters. The van der Waals surface area contributed by atoms with E-state index in [4.69, 9.17) is 26.3 Å². The molecule has 2 aromatic carbocycles. The van der Waals surface area contributed by atoms with Gasteiger partial charge in [0.2, 0.25) is 5.69 Å². The minimum Gasteiger partial charge on any atom is -0.504 e. The molecule has 0 spiro atoms. The Morgan fingerprint density at radius 2 is 2.00 bits per heavy atom. The van der Waals surface area contributed by atoms with Crippen molar-refractivity contribution >= 4 is 17.3 Å². The van der Waals surface area contributed by atoms with Crippen LogP contribution in [-0.4, -0.2) is 33.2 Å². The first-order chi connectivity index (χ1) is 15.6. The summed E-state index contributed by atoms with van der Waals surface area (Å²) in [7, 11) is 1.64. The number of aromatic amines is 1. The van der Waals surface area contributed by atoms with Gasteiger partial charge in [-0.1, -0.05) is 25.4 Å². The highest BCUT2D eigenvalue weighted by Gasteiger charge is 2.17. The van der Waals surface area contributed by atoms with E-state index < -0.39 is 16.9 Å². The fourth-order valence-electron chi connectivity index (χ4n) is 3.07. The van der Waals surface area contributed by atoms with E-state index in [1.54, 1.807) is 25.3 Å². The minimum absolute atomic E-state index is 0.0116. The van der Waals surface area contributed by atoms with Crippen LogP contribution in [0.1, 0.15) is 25.1 Å². The Morgan fingerprint density at radius 3 is 2.58 bits per heavy atom. The summed E-state index contributed by atoms with van der Waals surface area (Å²) in [5.41, 5.74) is -0.522. The van der Waals surface area contributed by atoms with Crippen molar-refractivity contribution in [2.75, 3.05) is 12.4 Å². The van der Waals surface area contributed by atoms with Crippen LogP contribution in [0.25, 0.3) is 5.69 Å². The molecule has 11 heteroatoms. The molecule has 0 aliphatic heterocycles. The number of H-pyrrole nitrogens is 1. The molecule has 0 bridgehead atoms. The number of aromatic hydroxyl groups is 1. The molecule has 0 saturated carbocycles. The average molecular weight is 472 g/mol. The van der Waals surface area contributed by atoms with E-state index in [1.165, 1.54) is 12.1 Å². The van der Waals surface area contributed by atoms with Gasteiger partial charge in [0.1, 0.15) is 18.0 Å². The Bertz CT molecular complexity index is 1320. The van der Waals surface area contributed by atoms with E-state index in [2.05, 4.69) is 10.4 Å². The second-order valence-corrected chi connectivity index (χ2v) is 7.94. The summed E-state index contributed by atoms with van der Waals surface area (Å²) in [6.07, 6.45) is -0.159. The maximum absolute atomic E-state index is 12.1. The molecule has 1 aromatic heterocycles. The number of hydrogen-bond acceptors (Lipinski definition) is 8. The van der Waals surface area contributed by atoms with Gasteiger partial charge in [-0.3, -0.25) is 9.78 Å². The van der Waals surface area contributed by atoms with Gasteiger partial charge in [-0.25, -0.2) is 4.79 Å². The van der Waals surface area contributed by atoms with Crippen LogP contribution >= 0.6 is 11.6 Å². The fraction of sp³-hybridized carbons (Fsp3) is 0.273. The Balaban J connectivity index is 1.91. The van der Waals surface area contributed by atoms with Crippen molar-refractivity contribution < 1.29 is 14.6 Å². The molecule has 33 heavy (non-hydrogen) atoms. The average Bonchev–Trinajstić information content (AvgIpc) is 2.75. The van der Waals surface area contributed by atoms with Gasteiger partial charge in [0, 0.05) is 18.9 Å². The molecule has 10 nitrogen and oxygen atoms in total. The Hall–Kier alpha value is -3.81. The molecule has 0 fully saturated rings. The van der Waals surface area contributed by atoms with E-state index in [1.807, 2.05) is 31.8 Å². The van der Waals surface area contributed by atoms with Crippen molar-refractivity contribution in [2.45, 2.75) is 27.0 Å². The summed E-state index contributed by atoms with van der Waals surface area (Å²) in [4.78, 5) is 25.6. The highest BCUT2D eigenvalue weighted by molar-refractivity contribution is 6.32. The number of nitrogens with zero attached hydrogens (tertiary/aromatic N) is 3. The van der Waals surface area contributed by atoms with Gasteiger partial charge in [0.15, 0.2) is 11.5 Å². The third-order valence-electron chi connectivity index (χ3n) is 4.76. The number of aromatic nitrogens is 3. The number of phenols is 1. The smallest absolute Gasteiger partial charge is 0.349 e. The minimum atomic E-state index is -0.910. The van der Waals surface area contributed by atoms with Gasteiger partial charge in [-0.05, 0) is 42.7 Å². The van der Waals surface area contributed by atoms with Crippen LogP contribution in [0.3, 0.4) is 0 Å². The lowest BCUT2D eigenvalue weighted by molar-refractivity contribution is 0.0877. The predicted molar refractivity (Wildman–Crippen MR) is 122 cm³/mol. The molecule has 3 aromatic rings. The van der Waals surface area contributed by atoms with Gasteiger partial charge in [-0.15, -0.1) is 5.10 Å². The lowest BCUT2D eigenvalue weighted by Crippen LogP contribution is -2.33. The molecule has 0 radical (unpaired) electrons. The third kappa shape index (κ3) is 5.16. The number of methoxy groups -OCH3 is 1. The van der Waals surface area contributed by atoms with Crippen LogP contribution in [0.5, 0.6) is 17.2 Å². The number of rotatable bonds is 7. The maximum Gasteiger partial charge on any atom is 0.349 e. The molecular formula is C22H22ClN5O5. The first-order valence-corrected chi connectivity index (χ1v) is 10.3. The molecule has 3 rings (SSSR count). The first kappa shape index (κ1) is 23.8. The van der Waals surface area contributed by atoms with Gasteiger partial charge in [0.25, 0.3) is 5.56 Å². The molecule has 0 saturated heterocycles. The second-order valence-electron chi connectivity index (χ2n) is 7.53. The summed E-state index contributed by atoms with van der Waals surface area (Å²) < 4.78 is 12.0. The highest BCUT2D eigenvalue weighted by Crippen LogP contribution is 2.40. The van der Waals surface area contributed by atoms with Crippen LogP contribution in [0.15, 0.2) is 39.9 Å². The van der Waals surface area contributed by atoms with E-state index in [-0.39, 0.29) is 34.4 Å². The van der Waals surface area contributed by atoms with E-state index in [0.717, 1.165) is 15.9 Å². The number of halogens is 1. The number of benzene rings is 2.